The van der Waals surface area contributed by atoms with Crippen molar-refractivity contribution >= 4 is 35.8 Å². The zero-order valence-electron chi connectivity index (χ0n) is 24.3. The van der Waals surface area contributed by atoms with E-state index in [9.17, 15) is 39.0 Å². The van der Waals surface area contributed by atoms with E-state index in [1.165, 1.54) is 16.7 Å². The van der Waals surface area contributed by atoms with E-state index in [1.807, 2.05) is 27.7 Å². The second kappa shape index (κ2) is 15.6. The molecule has 0 saturated carbocycles. The van der Waals surface area contributed by atoms with E-state index in [0.29, 0.717) is 12.8 Å². The summed E-state index contributed by atoms with van der Waals surface area (Å²) < 4.78 is 0. The predicted octanol–water partition coefficient (Wildman–Crippen LogP) is -1.15. The van der Waals surface area contributed by atoms with Crippen LogP contribution in [0.2, 0.25) is 0 Å². The first-order chi connectivity index (χ1) is 18.8. The molecule has 16 heteroatoms. The molecular formula is C25H43N5O11. The molecule has 0 unspecified atom stereocenters. The van der Waals surface area contributed by atoms with Gasteiger partial charge in [-0.25, -0.2) is 4.79 Å². The van der Waals surface area contributed by atoms with E-state index in [1.54, 1.807) is 5.06 Å². The summed E-state index contributed by atoms with van der Waals surface area (Å²) in [7, 11) is 0. The Morgan fingerprint density at radius 3 is 1.39 bits per heavy atom. The number of carboxylic acid groups (broad SMARTS) is 4. The lowest BCUT2D eigenvalue weighted by Gasteiger charge is -2.52. The Kier molecular flexibility index (Phi) is 13.6. The average molecular weight is 590 g/mol. The van der Waals surface area contributed by atoms with E-state index < -0.39 is 73.6 Å². The highest BCUT2D eigenvalue weighted by atomic mass is 16.7. The van der Waals surface area contributed by atoms with Crippen LogP contribution >= 0.6 is 0 Å². The van der Waals surface area contributed by atoms with Crippen molar-refractivity contribution in [3.05, 3.63) is 0 Å². The molecule has 41 heavy (non-hydrogen) atoms. The maximum Gasteiger partial charge on any atom is 0.339 e. The molecule has 1 aliphatic rings. The molecule has 1 saturated heterocycles. The van der Waals surface area contributed by atoms with Gasteiger partial charge >= 0.3 is 29.8 Å². The van der Waals surface area contributed by atoms with Crippen LogP contribution in [0.25, 0.3) is 0 Å². The maximum absolute atomic E-state index is 13.0. The van der Waals surface area contributed by atoms with E-state index in [2.05, 4.69) is 5.32 Å². The van der Waals surface area contributed by atoms with Crippen LogP contribution in [0.4, 0.5) is 0 Å². The first-order valence-corrected chi connectivity index (χ1v) is 13.1. The fraction of sp³-hybridized carbons (Fsp3) is 0.760. The lowest BCUT2D eigenvalue weighted by atomic mass is 9.79. The van der Waals surface area contributed by atoms with E-state index in [4.69, 9.17) is 15.1 Å². The lowest BCUT2D eigenvalue weighted by Crippen LogP contribution is -2.64. The quantitative estimate of drug-likeness (QED) is 0.127. The summed E-state index contributed by atoms with van der Waals surface area (Å²) in [6, 6.07) is -0.127. The molecule has 0 spiro atoms. The number of amides is 1. The third kappa shape index (κ3) is 13.7. The third-order valence-electron chi connectivity index (χ3n) is 6.45. The summed E-state index contributed by atoms with van der Waals surface area (Å²) >= 11 is 0. The second-order valence-corrected chi connectivity index (χ2v) is 11.5. The molecule has 1 rings (SSSR count). The number of carbonyl (C=O) groups is 6. The number of piperidine rings is 1. The molecule has 234 valence electrons. The van der Waals surface area contributed by atoms with Gasteiger partial charge in [-0.3, -0.25) is 38.7 Å². The van der Waals surface area contributed by atoms with Crippen molar-refractivity contribution in [1.82, 2.24) is 25.1 Å². The van der Waals surface area contributed by atoms with Gasteiger partial charge in [0.2, 0.25) is 5.91 Å². The van der Waals surface area contributed by atoms with Gasteiger partial charge in [-0.15, -0.1) is 5.06 Å². The summed E-state index contributed by atoms with van der Waals surface area (Å²) in [6.45, 7) is 6.27. The number of hydroxylamine groups is 2. The van der Waals surface area contributed by atoms with Crippen LogP contribution in [0.5, 0.6) is 0 Å². The molecule has 0 radical (unpaired) electrons. The van der Waals surface area contributed by atoms with Crippen molar-refractivity contribution in [3.63, 3.8) is 0 Å². The molecule has 16 nitrogen and oxygen atoms in total. The number of nitrogens with one attached hydrogen (secondary N) is 1. The standard InChI is InChI=1S/C25H43N5O11/c1-17(31)26-18-10-24(2,3)30(25(4,5)11-18)41-23(40)16-29(15-22(38)39)9-7-27(12-19(32)33)6-8-28(13-20(34)35)14-21(36)37/h18H,6-16H2,1-5H3,(H,26,31)(H,32,33)(H,34,35)(H,36,37)(H,38,39). The summed E-state index contributed by atoms with van der Waals surface area (Å²) in [5.74, 6) is -5.77. The van der Waals surface area contributed by atoms with Gasteiger partial charge < -0.3 is 30.6 Å². The van der Waals surface area contributed by atoms with Gasteiger partial charge in [-0.1, -0.05) is 0 Å². The van der Waals surface area contributed by atoms with Crippen molar-refractivity contribution < 1.29 is 54.0 Å². The third-order valence-corrected chi connectivity index (χ3v) is 6.45. The highest BCUT2D eigenvalue weighted by Gasteiger charge is 2.48. The molecule has 1 amide bonds. The summed E-state index contributed by atoms with van der Waals surface area (Å²) in [5.41, 5.74) is -1.31. The number of carboxylic acids is 4. The van der Waals surface area contributed by atoms with Crippen molar-refractivity contribution in [3.8, 4) is 0 Å². The first kappa shape index (κ1) is 35.7. The van der Waals surface area contributed by atoms with Crippen LogP contribution in [0, 0.1) is 0 Å². The fourth-order valence-electron chi connectivity index (χ4n) is 5.24. The SMILES string of the molecule is CC(=O)NC1CC(C)(C)N(OC(=O)CN(CCN(CCN(CC(=O)O)CC(=O)O)CC(=O)O)CC(=O)O)C(C)(C)C1. The van der Waals surface area contributed by atoms with Crippen LogP contribution in [-0.2, 0) is 33.6 Å². The maximum atomic E-state index is 13.0. The van der Waals surface area contributed by atoms with Gasteiger partial charge in [-0.05, 0) is 40.5 Å². The fourth-order valence-corrected chi connectivity index (χ4v) is 5.24. The predicted molar refractivity (Wildman–Crippen MR) is 143 cm³/mol. The summed E-state index contributed by atoms with van der Waals surface area (Å²) in [4.78, 5) is 79.1. The second-order valence-electron chi connectivity index (χ2n) is 11.5. The van der Waals surface area contributed by atoms with Crippen molar-refractivity contribution in [2.24, 2.45) is 0 Å². The molecule has 0 aromatic heterocycles. The van der Waals surface area contributed by atoms with Crippen LogP contribution in [-0.4, -0.2) is 152 Å². The Morgan fingerprint density at radius 1 is 0.683 bits per heavy atom. The topological polar surface area (TPSA) is 218 Å². The van der Waals surface area contributed by atoms with Gasteiger partial charge in [-0.2, -0.15) is 0 Å². The molecule has 0 aliphatic carbocycles. The average Bonchev–Trinajstić information content (AvgIpc) is 2.75. The molecule has 0 aromatic rings. The lowest BCUT2D eigenvalue weighted by molar-refractivity contribution is -0.268. The van der Waals surface area contributed by atoms with Crippen LogP contribution in [0.3, 0.4) is 0 Å². The zero-order chi connectivity index (χ0) is 31.5. The van der Waals surface area contributed by atoms with Crippen LogP contribution in [0.15, 0.2) is 0 Å². The van der Waals surface area contributed by atoms with Crippen molar-refractivity contribution in [2.75, 3.05) is 58.9 Å². The van der Waals surface area contributed by atoms with Gasteiger partial charge in [0.15, 0.2) is 0 Å². The number of aliphatic carboxylic acids is 4. The Balaban J connectivity index is 2.91. The van der Waals surface area contributed by atoms with E-state index in [0.717, 1.165) is 4.90 Å². The highest BCUT2D eigenvalue weighted by Crippen LogP contribution is 2.38. The molecule has 1 heterocycles. The Morgan fingerprint density at radius 2 is 1.02 bits per heavy atom. The highest BCUT2D eigenvalue weighted by molar-refractivity contribution is 5.74. The first-order valence-electron chi connectivity index (χ1n) is 13.1. The molecule has 1 aliphatic heterocycles. The Bertz CT molecular complexity index is 938. The van der Waals surface area contributed by atoms with Crippen molar-refractivity contribution in [2.45, 2.75) is 64.6 Å². The molecule has 1 fully saturated rings. The summed E-state index contributed by atoms with van der Waals surface area (Å²) in [5, 5.41) is 41.2. The van der Waals surface area contributed by atoms with Crippen LogP contribution in [0.1, 0.15) is 47.5 Å². The smallest absolute Gasteiger partial charge is 0.339 e. The number of hydrogen-bond donors (Lipinski definition) is 5. The minimum atomic E-state index is -1.24. The zero-order valence-corrected chi connectivity index (χ0v) is 24.3. The molecular weight excluding hydrogens is 546 g/mol. The number of hydrogen-bond acceptors (Lipinski definition) is 11. The molecule has 0 bridgehead atoms. The minimum Gasteiger partial charge on any atom is -0.480 e. The van der Waals surface area contributed by atoms with Gasteiger partial charge in [0.25, 0.3) is 0 Å². The van der Waals surface area contributed by atoms with E-state index in [-0.39, 0.29) is 38.1 Å². The minimum absolute atomic E-state index is 0.0000605. The number of carbonyl (C=O) groups excluding carboxylic acids is 2. The Labute approximate surface area is 238 Å². The monoisotopic (exact) mass is 589 g/mol. The normalized spacial score (nSPS) is 17.0. The van der Waals surface area contributed by atoms with E-state index >= 15 is 0 Å². The van der Waals surface area contributed by atoms with Gasteiger partial charge in [0, 0.05) is 39.1 Å². The van der Waals surface area contributed by atoms with Crippen molar-refractivity contribution in [1.29, 1.82) is 0 Å². The largest absolute Gasteiger partial charge is 0.480 e. The summed E-state index contributed by atoms with van der Waals surface area (Å²) in [6.07, 6.45) is 1.01. The van der Waals surface area contributed by atoms with Gasteiger partial charge in [0.1, 0.15) is 0 Å². The Hall–Kier alpha value is -3.34. The number of nitrogens with zero attached hydrogens (tertiary/aromatic N) is 4. The molecule has 5 N–H and O–H groups in total. The molecule has 0 atom stereocenters. The molecule has 0 aromatic carbocycles. The van der Waals surface area contributed by atoms with Gasteiger partial charge in [0.05, 0.1) is 43.8 Å². The number of rotatable bonds is 18. The van der Waals surface area contributed by atoms with Crippen LogP contribution < -0.4 is 5.32 Å².